The Morgan fingerprint density at radius 3 is 2.50 bits per heavy atom. The first kappa shape index (κ1) is 15.5. The summed E-state index contributed by atoms with van der Waals surface area (Å²) in [4.78, 5) is 11.6. The van der Waals surface area contributed by atoms with E-state index in [4.69, 9.17) is 4.98 Å². The van der Waals surface area contributed by atoms with Crippen molar-refractivity contribution in [3.05, 3.63) is 30.2 Å². The smallest absolute Gasteiger partial charge is 0.136 e. The van der Waals surface area contributed by atoms with Gasteiger partial charge in [-0.3, -0.25) is 0 Å². The summed E-state index contributed by atoms with van der Waals surface area (Å²) >= 11 is 0. The normalized spacial score (nSPS) is 19.7. The predicted molar refractivity (Wildman–Crippen MR) is 93.2 cm³/mol. The van der Waals surface area contributed by atoms with Crippen LogP contribution in [0.15, 0.2) is 18.6 Å². The first-order valence-corrected chi connectivity index (χ1v) is 9.00. The molecule has 0 radical (unpaired) electrons. The molecule has 0 unspecified atom stereocenters. The van der Waals surface area contributed by atoms with Crippen LogP contribution in [0.1, 0.15) is 70.1 Å². The summed E-state index contributed by atoms with van der Waals surface area (Å²) in [6, 6.07) is 2.69. The third kappa shape index (κ3) is 3.01. The van der Waals surface area contributed by atoms with Gasteiger partial charge in [0.25, 0.3) is 0 Å². The summed E-state index contributed by atoms with van der Waals surface area (Å²) in [5.74, 6) is 3.68. The minimum absolute atomic E-state index is 0.0188. The van der Waals surface area contributed by atoms with E-state index in [1.54, 1.807) is 0 Å². The zero-order chi connectivity index (χ0) is 16.7. The second kappa shape index (κ2) is 5.83. The number of nitrogens with zero attached hydrogens (tertiary/aromatic N) is 6. The van der Waals surface area contributed by atoms with Gasteiger partial charge >= 0.3 is 0 Å². The molecule has 1 saturated heterocycles. The minimum Gasteiger partial charge on any atom is -0.356 e. The molecule has 24 heavy (non-hydrogen) atoms. The molecule has 4 rings (SSSR count). The van der Waals surface area contributed by atoms with Crippen LogP contribution in [0.25, 0.3) is 0 Å². The predicted octanol–water partition coefficient (Wildman–Crippen LogP) is 3.08. The number of hydrogen-bond acceptors (Lipinski definition) is 5. The van der Waals surface area contributed by atoms with Gasteiger partial charge in [-0.25, -0.2) is 9.97 Å². The Hall–Kier alpha value is -1.98. The number of anilines is 1. The lowest BCUT2D eigenvalue weighted by molar-refractivity contribution is 0.461. The lowest BCUT2D eigenvalue weighted by Crippen LogP contribution is -2.34. The molecule has 0 aromatic carbocycles. The monoisotopic (exact) mass is 326 g/mol. The van der Waals surface area contributed by atoms with E-state index < -0.39 is 0 Å². The molecule has 2 aromatic rings. The molecule has 0 N–H and O–H groups in total. The Morgan fingerprint density at radius 1 is 1.08 bits per heavy atom. The number of hydrogen-bond donors (Lipinski definition) is 0. The van der Waals surface area contributed by atoms with Gasteiger partial charge in [0.05, 0.1) is 0 Å². The molecule has 6 heteroatoms. The largest absolute Gasteiger partial charge is 0.356 e. The van der Waals surface area contributed by atoms with Gasteiger partial charge in [-0.1, -0.05) is 20.8 Å². The zero-order valence-corrected chi connectivity index (χ0v) is 14.8. The van der Waals surface area contributed by atoms with Crippen LogP contribution in [-0.4, -0.2) is 37.8 Å². The molecule has 1 aliphatic carbocycles. The molecule has 0 spiro atoms. The van der Waals surface area contributed by atoms with Crippen LogP contribution < -0.4 is 4.90 Å². The third-order valence-electron chi connectivity index (χ3n) is 5.04. The Balaban J connectivity index is 1.45. The molecular weight excluding hydrogens is 300 g/mol. The lowest BCUT2D eigenvalue weighted by atomic mass is 9.95. The van der Waals surface area contributed by atoms with Crippen molar-refractivity contribution in [3.8, 4) is 0 Å². The van der Waals surface area contributed by atoms with Crippen molar-refractivity contribution in [2.75, 3.05) is 18.0 Å². The molecule has 0 amide bonds. The van der Waals surface area contributed by atoms with Crippen LogP contribution in [-0.2, 0) is 5.41 Å². The van der Waals surface area contributed by atoms with Gasteiger partial charge in [-0.15, -0.1) is 10.2 Å². The zero-order valence-electron chi connectivity index (χ0n) is 14.8. The summed E-state index contributed by atoms with van der Waals surface area (Å²) in [6.45, 7) is 8.50. The van der Waals surface area contributed by atoms with Crippen molar-refractivity contribution in [2.45, 2.75) is 63.8 Å². The summed E-state index contributed by atoms with van der Waals surface area (Å²) in [5, 5.41) is 8.57. The average Bonchev–Trinajstić information content (AvgIpc) is 3.31. The highest BCUT2D eigenvalue weighted by atomic mass is 15.3. The molecule has 128 valence electrons. The van der Waals surface area contributed by atoms with Crippen molar-refractivity contribution < 1.29 is 0 Å². The molecule has 3 heterocycles. The molecule has 2 aliphatic rings. The van der Waals surface area contributed by atoms with Gasteiger partial charge in [-0.05, 0) is 31.7 Å². The minimum atomic E-state index is -0.0188. The van der Waals surface area contributed by atoms with E-state index >= 15 is 0 Å². The summed E-state index contributed by atoms with van der Waals surface area (Å²) in [7, 11) is 0. The van der Waals surface area contributed by atoms with Gasteiger partial charge in [0.2, 0.25) is 0 Å². The van der Waals surface area contributed by atoms with Gasteiger partial charge in [-0.2, -0.15) is 0 Å². The van der Waals surface area contributed by atoms with Crippen LogP contribution >= 0.6 is 0 Å². The maximum absolute atomic E-state index is 4.79. The Bertz CT molecular complexity index is 704. The van der Waals surface area contributed by atoms with Gasteiger partial charge in [0.1, 0.15) is 23.8 Å². The average molecular weight is 326 g/mol. The van der Waals surface area contributed by atoms with E-state index in [1.807, 2.05) is 18.6 Å². The van der Waals surface area contributed by atoms with Gasteiger partial charge in [0.15, 0.2) is 0 Å². The van der Waals surface area contributed by atoms with Gasteiger partial charge < -0.3 is 9.47 Å². The SMILES string of the molecule is CC(C)(C)c1nccc(N2CCC(c3nncn3C3CC3)CC2)n1. The highest BCUT2D eigenvalue weighted by Gasteiger charge is 2.31. The molecule has 1 saturated carbocycles. The summed E-state index contributed by atoms with van der Waals surface area (Å²) < 4.78 is 2.31. The summed E-state index contributed by atoms with van der Waals surface area (Å²) in [6.07, 6.45) is 8.58. The molecule has 2 fully saturated rings. The van der Waals surface area contributed by atoms with Crippen LogP contribution in [0.4, 0.5) is 5.82 Å². The van der Waals surface area contributed by atoms with Crippen LogP contribution in [0.5, 0.6) is 0 Å². The van der Waals surface area contributed by atoms with E-state index in [-0.39, 0.29) is 5.41 Å². The second-order valence-corrected chi connectivity index (χ2v) is 8.08. The molecule has 2 aromatic heterocycles. The summed E-state index contributed by atoms with van der Waals surface area (Å²) in [5.41, 5.74) is -0.0188. The number of piperidine rings is 1. The van der Waals surface area contributed by atoms with Crippen LogP contribution in [0.2, 0.25) is 0 Å². The van der Waals surface area contributed by atoms with E-state index in [2.05, 4.69) is 45.4 Å². The van der Waals surface area contributed by atoms with E-state index in [9.17, 15) is 0 Å². The van der Waals surface area contributed by atoms with Crippen molar-refractivity contribution in [3.63, 3.8) is 0 Å². The van der Waals surface area contributed by atoms with Crippen molar-refractivity contribution in [1.29, 1.82) is 0 Å². The van der Waals surface area contributed by atoms with Crippen LogP contribution in [0, 0.1) is 0 Å². The Kier molecular flexibility index (Phi) is 3.77. The maximum Gasteiger partial charge on any atom is 0.136 e. The molecule has 6 nitrogen and oxygen atoms in total. The number of aromatic nitrogens is 5. The Labute approximate surface area is 143 Å². The maximum atomic E-state index is 4.79. The quantitative estimate of drug-likeness (QED) is 0.867. The second-order valence-electron chi connectivity index (χ2n) is 8.08. The molecular formula is C18H26N6. The van der Waals surface area contributed by atoms with Crippen molar-refractivity contribution in [1.82, 2.24) is 24.7 Å². The highest BCUT2D eigenvalue weighted by Crippen LogP contribution is 2.38. The highest BCUT2D eigenvalue weighted by molar-refractivity contribution is 5.39. The standard InChI is InChI=1S/C18H26N6/c1-18(2,3)17-19-9-6-15(21-17)23-10-7-13(8-11-23)16-22-20-12-24(16)14-4-5-14/h6,9,12-14H,4-5,7-8,10-11H2,1-3H3. The topological polar surface area (TPSA) is 59.7 Å². The first-order valence-electron chi connectivity index (χ1n) is 9.00. The fourth-order valence-electron chi connectivity index (χ4n) is 3.43. The van der Waals surface area contributed by atoms with E-state index in [1.165, 1.54) is 18.7 Å². The lowest BCUT2D eigenvalue weighted by Gasteiger charge is -2.33. The molecule has 0 atom stereocenters. The third-order valence-corrected chi connectivity index (χ3v) is 5.04. The van der Waals surface area contributed by atoms with E-state index in [0.717, 1.165) is 37.6 Å². The fraction of sp³-hybridized carbons (Fsp3) is 0.667. The van der Waals surface area contributed by atoms with Crippen molar-refractivity contribution >= 4 is 5.82 Å². The van der Waals surface area contributed by atoms with Gasteiger partial charge in [0, 0.05) is 36.7 Å². The Morgan fingerprint density at radius 2 is 1.83 bits per heavy atom. The number of rotatable bonds is 3. The van der Waals surface area contributed by atoms with E-state index in [0.29, 0.717) is 12.0 Å². The molecule has 0 bridgehead atoms. The van der Waals surface area contributed by atoms with Crippen molar-refractivity contribution in [2.24, 2.45) is 0 Å². The molecule has 1 aliphatic heterocycles. The first-order chi connectivity index (χ1) is 11.5. The fourth-order valence-corrected chi connectivity index (χ4v) is 3.43. The van der Waals surface area contributed by atoms with Crippen LogP contribution in [0.3, 0.4) is 0 Å².